The number of carbonyl (C=O) groups is 1. The maximum absolute atomic E-state index is 12.1. The van der Waals surface area contributed by atoms with Crippen molar-refractivity contribution in [1.29, 1.82) is 0 Å². The molecule has 0 fully saturated rings. The van der Waals surface area contributed by atoms with E-state index < -0.39 is 0 Å². The molecule has 4 heteroatoms. The van der Waals surface area contributed by atoms with E-state index in [0.717, 1.165) is 0 Å². The zero-order valence-electron chi connectivity index (χ0n) is 10.3. The molecule has 0 aliphatic heterocycles. The highest BCUT2D eigenvalue weighted by molar-refractivity contribution is 5.96. The second-order valence-electron chi connectivity index (χ2n) is 4.16. The van der Waals surface area contributed by atoms with Crippen molar-refractivity contribution >= 4 is 5.91 Å². The van der Waals surface area contributed by atoms with Crippen LogP contribution in [0.5, 0.6) is 5.75 Å². The summed E-state index contributed by atoms with van der Waals surface area (Å²) in [5.74, 6) is 0.585. The van der Waals surface area contributed by atoms with Crippen LogP contribution in [0.25, 0.3) is 0 Å². The molecule has 0 radical (unpaired) electrons. The normalized spacial score (nSPS) is 12.1. The van der Waals surface area contributed by atoms with Crippen molar-refractivity contribution in [3.05, 3.63) is 53.5 Å². The molecule has 1 atom stereocenters. The van der Waals surface area contributed by atoms with Crippen molar-refractivity contribution in [3.8, 4) is 5.75 Å². The Labute approximate surface area is 105 Å². The standard InChI is InChI=1S/C14H15NO3/c1-9-11(5-3-6-12(9)16)14(17)15-10(2)13-7-4-8-18-13/h3-8,10,16H,1-2H3,(H,15,17). The number of furan rings is 1. The molecule has 1 unspecified atom stereocenters. The van der Waals surface area contributed by atoms with E-state index in [2.05, 4.69) is 5.32 Å². The van der Waals surface area contributed by atoms with Gasteiger partial charge in [-0.3, -0.25) is 4.79 Å². The van der Waals surface area contributed by atoms with E-state index in [9.17, 15) is 9.90 Å². The van der Waals surface area contributed by atoms with Crippen molar-refractivity contribution < 1.29 is 14.3 Å². The van der Waals surface area contributed by atoms with Crippen LogP contribution in [0, 0.1) is 6.92 Å². The topological polar surface area (TPSA) is 62.5 Å². The van der Waals surface area contributed by atoms with Crippen molar-refractivity contribution in [2.75, 3.05) is 0 Å². The van der Waals surface area contributed by atoms with Crippen LogP contribution >= 0.6 is 0 Å². The molecule has 1 heterocycles. The monoisotopic (exact) mass is 245 g/mol. The van der Waals surface area contributed by atoms with E-state index in [0.29, 0.717) is 16.9 Å². The zero-order valence-corrected chi connectivity index (χ0v) is 10.3. The maximum atomic E-state index is 12.1. The molecular formula is C14H15NO3. The fraction of sp³-hybridized carbons (Fsp3) is 0.214. The van der Waals surface area contributed by atoms with Gasteiger partial charge >= 0.3 is 0 Å². The van der Waals surface area contributed by atoms with Gasteiger partial charge in [-0.1, -0.05) is 6.07 Å². The minimum atomic E-state index is -0.229. The van der Waals surface area contributed by atoms with Gasteiger partial charge < -0.3 is 14.8 Å². The van der Waals surface area contributed by atoms with Gasteiger partial charge in [0.1, 0.15) is 11.5 Å². The van der Waals surface area contributed by atoms with Crippen molar-refractivity contribution in [2.45, 2.75) is 19.9 Å². The summed E-state index contributed by atoms with van der Waals surface area (Å²) in [6, 6.07) is 8.25. The van der Waals surface area contributed by atoms with E-state index in [-0.39, 0.29) is 17.7 Å². The zero-order chi connectivity index (χ0) is 13.1. The number of amides is 1. The molecule has 4 nitrogen and oxygen atoms in total. The van der Waals surface area contributed by atoms with E-state index in [1.165, 1.54) is 0 Å². The lowest BCUT2D eigenvalue weighted by atomic mass is 10.1. The second-order valence-corrected chi connectivity index (χ2v) is 4.16. The quantitative estimate of drug-likeness (QED) is 0.874. The Hall–Kier alpha value is -2.23. The molecule has 2 aromatic rings. The molecule has 1 aromatic carbocycles. The average molecular weight is 245 g/mol. The Morgan fingerprint density at radius 1 is 1.33 bits per heavy atom. The molecule has 0 saturated heterocycles. The van der Waals surface area contributed by atoms with Crippen LogP contribution in [-0.4, -0.2) is 11.0 Å². The summed E-state index contributed by atoms with van der Waals surface area (Å²) in [5, 5.41) is 12.4. The van der Waals surface area contributed by atoms with Gasteiger partial charge in [0.15, 0.2) is 0 Å². The van der Waals surface area contributed by atoms with Crippen LogP contribution in [-0.2, 0) is 0 Å². The van der Waals surface area contributed by atoms with Gasteiger partial charge in [0, 0.05) is 11.1 Å². The largest absolute Gasteiger partial charge is 0.508 e. The van der Waals surface area contributed by atoms with Crippen LogP contribution in [0.4, 0.5) is 0 Å². The Balaban J connectivity index is 2.15. The summed E-state index contributed by atoms with van der Waals surface area (Å²) in [6.45, 7) is 3.55. The summed E-state index contributed by atoms with van der Waals surface area (Å²) in [6.07, 6.45) is 1.57. The number of aromatic hydroxyl groups is 1. The Morgan fingerprint density at radius 3 is 2.78 bits per heavy atom. The first kappa shape index (κ1) is 12.2. The third-order valence-electron chi connectivity index (χ3n) is 2.87. The number of rotatable bonds is 3. The predicted molar refractivity (Wildman–Crippen MR) is 67.4 cm³/mol. The molecule has 2 N–H and O–H groups in total. The van der Waals surface area contributed by atoms with Crippen LogP contribution in [0.2, 0.25) is 0 Å². The van der Waals surface area contributed by atoms with Gasteiger partial charge in [0.05, 0.1) is 12.3 Å². The number of phenols is 1. The van der Waals surface area contributed by atoms with Crippen molar-refractivity contribution in [3.63, 3.8) is 0 Å². The number of carbonyl (C=O) groups excluding carboxylic acids is 1. The maximum Gasteiger partial charge on any atom is 0.252 e. The minimum Gasteiger partial charge on any atom is -0.508 e. The molecule has 18 heavy (non-hydrogen) atoms. The summed E-state index contributed by atoms with van der Waals surface area (Å²) >= 11 is 0. The van der Waals surface area contributed by atoms with E-state index in [1.807, 2.05) is 6.92 Å². The Morgan fingerprint density at radius 2 is 2.11 bits per heavy atom. The lowest BCUT2D eigenvalue weighted by Gasteiger charge is -2.13. The summed E-state index contributed by atoms with van der Waals surface area (Å²) < 4.78 is 5.22. The number of hydrogen-bond acceptors (Lipinski definition) is 3. The van der Waals surface area contributed by atoms with Crippen LogP contribution in [0.15, 0.2) is 41.0 Å². The molecule has 0 saturated carbocycles. The molecule has 2 rings (SSSR count). The number of nitrogens with one attached hydrogen (secondary N) is 1. The number of hydrogen-bond donors (Lipinski definition) is 2. The van der Waals surface area contributed by atoms with Crippen LogP contribution < -0.4 is 5.32 Å². The van der Waals surface area contributed by atoms with Crippen molar-refractivity contribution in [1.82, 2.24) is 5.32 Å². The van der Waals surface area contributed by atoms with E-state index in [1.54, 1.807) is 43.5 Å². The minimum absolute atomic E-state index is 0.119. The molecule has 0 aliphatic rings. The second kappa shape index (κ2) is 4.96. The SMILES string of the molecule is Cc1c(O)cccc1C(=O)NC(C)c1ccco1. The van der Waals surface area contributed by atoms with E-state index in [4.69, 9.17) is 4.42 Å². The average Bonchev–Trinajstić information content (AvgIpc) is 2.86. The van der Waals surface area contributed by atoms with Gasteiger partial charge in [-0.25, -0.2) is 0 Å². The number of phenolic OH excluding ortho intramolecular Hbond substituents is 1. The summed E-state index contributed by atoms with van der Waals surface area (Å²) in [7, 11) is 0. The molecule has 1 amide bonds. The van der Waals surface area contributed by atoms with Crippen molar-refractivity contribution in [2.24, 2.45) is 0 Å². The molecular weight excluding hydrogens is 230 g/mol. The number of benzene rings is 1. The highest BCUT2D eigenvalue weighted by atomic mass is 16.3. The molecule has 0 bridgehead atoms. The smallest absolute Gasteiger partial charge is 0.252 e. The van der Waals surface area contributed by atoms with Crippen LogP contribution in [0.1, 0.15) is 34.6 Å². The highest BCUT2D eigenvalue weighted by Crippen LogP contribution is 2.20. The fourth-order valence-corrected chi connectivity index (χ4v) is 1.75. The highest BCUT2D eigenvalue weighted by Gasteiger charge is 2.15. The molecule has 0 spiro atoms. The van der Waals surface area contributed by atoms with Gasteiger partial charge in [-0.2, -0.15) is 0 Å². The molecule has 1 aromatic heterocycles. The Kier molecular flexibility index (Phi) is 3.37. The first-order chi connectivity index (χ1) is 8.59. The predicted octanol–water partition coefficient (Wildman–Crippen LogP) is 2.78. The summed E-state index contributed by atoms with van der Waals surface area (Å²) in [5.41, 5.74) is 1.04. The first-order valence-electron chi connectivity index (χ1n) is 5.72. The first-order valence-corrected chi connectivity index (χ1v) is 5.72. The fourth-order valence-electron chi connectivity index (χ4n) is 1.75. The Bertz CT molecular complexity index is 546. The van der Waals surface area contributed by atoms with Crippen LogP contribution in [0.3, 0.4) is 0 Å². The van der Waals surface area contributed by atoms with E-state index >= 15 is 0 Å². The van der Waals surface area contributed by atoms with Gasteiger partial charge in [-0.15, -0.1) is 0 Å². The van der Waals surface area contributed by atoms with Gasteiger partial charge in [0.25, 0.3) is 5.91 Å². The lowest BCUT2D eigenvalue weighted by Crippen LogP contribution is -2.27. The third kappa shape index (κ3) is 2.37. The lowest BCUT2D eigenvalue weighted by molar-refractivity contribution is 0.0934. The molecule has 94 valence electrons. The van der Waals surface area contributed by atoms with Gasteiger partial charge in [-0.05, 0) is 38.1 Å². The molecule has 0 aliphatic carbocycles. The third-order valence-corrected chi connectivity index (χ3v) is 2.87. The summed E-state index contributed by atoms with van der Waals surface area (Å²) in [4.78, 5) is 12.1. The van der Waals surface area contributed by atoms with Gasteiger partial charge in [0.2, 0.25) is 0 Å².